The molecule has 0 radical (unpaired) electrons. The highest BCUT2D eigenvalue weighted by molar-refractivity contribution is 7.52. The fourth-order valence-corrected chi connectivity index (χ4v) is 3.20. The van der Waals surface area contributed by atoms with E-state index >= 15 is 0 Å². The molecule has 0 saturated carbocycles. The molecule has 0 rings (SSSR count). The summed E-state index contributed by atoms with van der Waals surface area (Å²) in [4.78, 5) is 68.7. The Morgan fingerprint density at radius 1 is 0.788 bits per heavy atom. The van der Waals surface area contributed by atoms with E-state index in [-0.39, 0.29) is 30.7 Å². The van der Waals surface area contributed by atoms with E-state index in [0.29, 0.717) is 6.42 Å². The van der Waals surface area contributed by atoms with Crippen LogP contribution in [-0.2, 0) is 23.7 Å². The smallest absolute Gasteiger partial charge is 0.343 e. The van der Waals surface area contributed by atoms with Gasteiger partial charge in [0, 0.05) is 0 Å². The van der Waals surface area contributed by atoms with Crippen molar-refractivity contribution in [3.05, 3.63) is 0 Å². The maximum atomic E-state index is 13.0. The number of nitrogens with one attached hydrogen (secondary N) is 5. The topological polar surface area (TPSA) is 186 Å². The number of likely N-dealkylation sites (N-methyl/N-ethyl adjacent to an activating group) is 1. The highest BCUT2D eigenvalue weighted by Crippen LogP contribution is 2.39. The third-order valence-corrected chi connectivity index (χ3v) is 6.05. The summed E-state index contributed by atoms with van der Waals surface area (Å²) < 4.78 is 11.3. The van der Waals surface area contributed by atoms with E-state index in [2.05, 4.69) is 26.6 Å². The fraction of sp³-hybridized carbons (Fsp3) is 0.800. The molecule has 0 heterocycles. The quantitative estimate of drug-likeness (QED) is 0.156. The maximum absolute atomic E-state index is 13.0. The van der Waals surface area contributed by atoms with Gasteiger partial charge in [-0.25, -0.2) is 0 Å². The molecule has 0 unspecified atom stereocenters. The lowest BCUT2D eigenvalue weighted by Crippen LogP contribution is -2.59. The number of amides is 4. The number of rotatable bonds is 14. The van der Waals surface area contributed by atoms with Gasteiger partial charge >= 0.3 is 7.60 Å². The first kappa shape index (κ1) is 31.0. The van der Waals surface area contributed by atoms with Gasteiger partial charge in [0.15, 0.2) is 0 Å². The van der Waals surface area contributed by atoms with E-state index in [4.69, 9.17) is 0 Å². The van der Waals surface area contributed by atoms with E-state index in [0.717, 1.165) is 0 Å². The molecule has 12 nitrogen and oxygen atoms in total. The zero-order chi connectivity index (χ0) is 25.9. The molecule has 7 N–H and O–H groups in total. The molecule has 0 fully saturated rings. The van der Waals surface area contributed by atoms with Crippen molar-refractivity contribution in [3.63, 3.8) is 0 Å². The summed E-state index contributed by atoms with van der Waals surface area (Å²) >= 11 is 0. The third-order valence-electron chi connectivity index (χ3n) is 4.92. The summed E-state index contributed by atoms with van der Waals surface area (Å²) in [5, 5.41) is 12.8. The van der Waals surface area contributed by atoms with Gasteiger partial charge in [-0.15, -0.1) is 0 Å². The second-order valence-electron chi connectivity index (χ2n) is 8.67. The van der Waals surface area contributed by atoms with E-state index in [9.17, 15) is 33.5 Å². The molecule has 0 saturated heterocycles. The second kappa shape index (κ2) is 14.3. The molecule has 4 amide bonds. The third kappa shape index (κ3) is 11.1. The molecule has 13 heteroatoms. The van der Waals surface area contributed by atoms with Crippen LogP contribution in [0.15, 0.2) is 0 Å². The van der Waals surface area contributed by atoms with Gasteiger partial charge in [-0.2, -0.15) is 0 Å². The summed E-state index contributed by atoms with van der Waals surface area (Å²) in [5.41, 5.74) is 0. The van der Waals surface area contributed by atoms with Gasteiger partial charge in [-0.05, 0) is 32.2 Å². The molecule has 0 bridgehead atoms. The zero-order valence-electron chi connectivity index (χ0n) is 20.5. The van der Waals surface area contributed by atoms with E-state index < -0.39 is 49.2 Å². The van der Waals surface area contributed by atoms with Crippen molar-refractivity contribution in [1.29, 1.82) is 0 Å². The van der Waals surface area contributed by atoms with Crippen LogP contribution in [0.3, 0.4) is 0 Å². The molecule has 0 aliphatic rings. The normalized spacial score (nSPS) is 15.4. The molecule has 0 aromatic heterocycles. The number of carbonyl (C=O) groups is 4. The van der Waals surface area contributed by atoms with Gasteiger partial charge in [0.1, 0.15) is 23.9 Å². The van der Waals surface area contributed by atoms with Crippen LogP contribution in [0.5, 0.6) is 0 Å². The van der Waals surface area contributed by atoms with Crippen LogP contribution in [-0.4, -0.2) is 70.9 Å². The Labute approximate surface area is 195 Å². The highest BCUT2D eigenvalue weighted by Gasteiger charge is 2.33. The van der Waals surface area contributed by atoms with Crippen molar-refractivity contribution >= 4 is 31.2 Å². The number of hydrogen-bond acceptors (Lipinski definition) is 6. The van der Waals surface area contributed by atoms with Gasteiger partial charge in [0.05, 0.1) is 6.54 Å². The average molecular weight is 494 g/mol. The summed E-state index contributed by atoms with van der Waals surface area (Å²) in [5.74, 6) is -4.22. The molecular weight excluding hydrogens is 453 g/mol. The minimum atomic E-state index is -4.54. The van der Waals surface area contributed by atoms with Gasteiger partial charge in [0.25, 0.3) is 0 Å². The zero-order valence-corrected chi connectivity index (χ0v) is 21.4. The van der Waals surface area contributed by atoms with Crippen molar-refractivity contribution in [2.45, 2.75) is 78.3 Å². The van der Waals surface area contributed by atoms with Crippen molar-refractivity contribution in [2.75, 3.05) is 13.6 Å². The minimum Gasteiger partial charge on any atom is -0.343 e. The Bertz CT molecular complexity index is 726. The first-order chi connectivity index (χ1) is 15.1. The van der Waals surface area contributed by atoms with Crippen LogP contribution >= 0.6 is 7.60 Å². The lowest BCUT2D eigenvalue weighted by Gasteiger charge is -2.28. The minimum absolute atomic E-state index is 0.0332. The van der Waals surface area contributed by atoms with E-state index in [1.165, 1.54) is 6.92 Å². The van der Waals surface area contributed by atoms with Crippen LogP contribution in [0.2, 0.25) is 0 Å². The van der Waals surface area contributed by atoms with Gasteiger partial charge in [-0.3, -0.25) is 23.7 Å². The van der Waals surface area contributed by atoms with Crippen LogP contribution in [0.4, 0.5) is 0 Å². The molecule has 0 aliphatic carbocycles. The largest absolute Gasteiger partial charge is 0.347 e. The van der Waals surface area contributed by atoms with Crippen molar-refractivity contribution < 1.29 is 33.5 Å². The molecule has 0 aromatic rings. The van der Waals surface area contributed by atoms with E-state index in [1.807, 2.05) is 0 Å². The fourth-order valence-electron chi connectivity index (χ4n) is 2.91. The Hall–Kier alpha value is -2.01. The molecular formula is C20H40N5O7P. The summed E-state index contributed by atoms with van der Waals surface area (Å²) in [7, 11) is -2.93. The summed E-state index contributed by atoms with van der Waals surface area (Å²) in [6.45, 7) is 9.97. The number of carbonyl (C=O) groups excluding carboxylic acids is 4. The van der Waals surface area contributed by atoms with Crippen LogP contribution < -0.4 is 26.6 Å². The Balaban J connectivity index is 5.44. The van der Waals surface area contributed by atoms with Gasteiger partial charge in [-0.1, -0.05) is 41.0 Å². The number of hydrogen-bond donors (Lipinski definition) is 7. The molecule has 0 aromatic carbocycles. The average Bonchev–Trinajstić information content (AvgIpc) is 2.68. The Kier molecular flexibility index (Phi) is 13.4. The van der Waals surface area contributed by atoms with Crippen LogP contribution in [0.25, 0.3) is 0 Å². The molecule has 33 heavy (non-hydrogen) atoms. The summed E-state index contributed by atoms with van der Waals surface area (Å²) in [6, 6.07) is -2.89. The monoisotopic (exact) mass is 493 g/mol. The molecule has 192 valence electrons. The lowest BCUT2D eigenvalue weighted by atomic mass is 9.99. The second-order valence-corrected chi connectivity index (χ2v) is 10.6. The Morgan fingerprint density at radius 3 is 1.70 bits per heavy atom. The van der Waals surface area contributed by atoms with Crippen molar-refractivity contribution in [3.8, 4) is 0 Å². The molecule has 0 spiro atoms. The first-order valence-corrected chi connectivity index (χ1v) is 12.7. The first-order valence-electron chi connectivity index (χ1n) is 11.1. The van der Waals surface area contributed by atoms with Crippen molar-refractivity contribution in [2.24, 2.45) is 11.8 Å². The van der Waals surface area contributed by atoms with E-state index in [1.54, 1.807) is 41.7 Å². The predicted molar refractivity (Wildman–Crippen MR) is 124 cm³/mol. The van der Waals surface area contributed by atoms with Crippen LogP contribution in [0, 0.1) is 11.8 Å². The Morgan fingerprint density at radius 2 is 1.27 bits per heavy atom. The lowest BCUT2D eigenvalue weighted by molar-refractivity contribution is -0.135. The SMILES string of the molecule is CCC[C@H](NC(=O)[C@@H](NC(=O)[C@@H](NC(=O)CNC)C(C)C)C(C)C)C(=O)N[C@@H](C)P(=O)(O)O. The predicted octanol–water partition coefficient (Wildman–Crippen LogP) is -0.588. The van der Waals surface area contributed by atoms with Crippen molar-refractivity contribution in [1.82, 2.24) is 26.6 Å². The van der Waals surface area contributed by atoms with Gasteiger partial charge < -0.3 is 36.4 Å². The standard InChI is InChI=1S/C20H40N5O7P/c1-8-9-14(18(27)22-13(6)33(30,31)32)23-19(28)17(12(4)5)25-20(29)16(11(2)3)24-15(26)10-21-7/h11-14,16-17,21H,8-10H2,1-7H3,(H,22,27)(H,23,28)(H,24,26)(H,25,29)(H2,30,31,32)/t13-,14+,16+,17+/m1/s1. The van der Waals surface area contributed by atoms with Gasteiger partial charge in [0.2, 0.25) is 23.6 Å². The molecule has 4 atom stereocenters. The summed E-state index contributed by atoms with van der Waals surface area (Å²) in [6.07, 6.45) is 0.757. The maximum Gasteiger partial charge on any atom is 0.347 e. The highest BCUT2D eigenvalue weighted by atomic mass is 31.2. The molecule has 0 aliphatic heterocycles. The van der Waals surface area contributed by atoms with Crippen LogP contribution in [0.1, 0.15) is 54.4 Å².